The number of nitrogens with one attached hydrogen (secondary N) is 1. The van der Waals surface area contributed by atoms with Crippen LogP contribution in [0.5, 0.6) is 0 Å². The van der Waals surface area contributed by atoms with Crippen molar-refractivity contribution in [3.05, 3.63) is 42.5 Å². The summed E-state index contributed by atoms with van der Waals surface area (Å²) in [6, 6.07) is 6.70. The highest BCUT2D eigenvalue weighted by molar-refractivity contribution is 6.01. The predicted molar refractivity (Wildman–Crippen MR) is 91.9 cm³/mol. The first-order valence-electron chi connectivity index (χ1n) is 8.07. The Bertz CT molecular complexity index is 579. The lowest BCUT2D eigenvalue weighted by Crippen LogP contribution is -2.38. The van der Waals surface area contributed by atoms with E-state index in [2.05, 4.69) is 11.9 Å². The molecule has 130 valence electrons. The second-order valence-corrected chi connectivity index (χ2v) is 5.88. The molecule has 2 rings (SSSR count). The third-order valence-corrected chi connectivity index (χ3v) is 4.30. The van der Waals surface area contributed by atoms with Gasteiger partial charge in [0.1, 0.15) is 0 Å². The van der Waals surface area contributed by atoms with Gasteiger partial charge in [-0.25, -0.2) is 0 Å². The van der Waals surface area contributed by atoms with Crippen molar-refractivity contribution < 1.29 is 19.4 Å². The maximum Gasteiger partial charge on any atom is 0.251 e. The monoisotopic (exact) mass is 332 g/mol. The van der Waals surface area contributed by atoms with Crippen LogP contribution in [0.1, 0.15) is 23.2 Å². The van der Waals surface area contributed by atoms with Gasteiger partial charge in [-0.2, -0.15) is 0 Å². The average Bonchev–Trinajstić information content (AvgIpc) is 2.65. The molecule has 1 aromatic rings. The highest BCUT2D eigenvalue weighted by atomic mass is 16.5. The van der Waals surface area contributed by atoms with E-state index in [9.17, 15) is 14.7 Å². The van der Waals surface area contributed by atoms with Crippen LogP contribution in [0.2, 0.25) is 0 Å². The Morgan fingerprint density at radius 2 is 2.00 bits per heavy atom. The van der Waals surface area contributed by atoms with Crippen molar-refractivity contribution in [2.75, 3.05) is 31.7 Å². The molecule has 1 saturated heterocycles. The fourth-order valence-electron chi connectivity index (χ4n) is 2.67. The van der Waals surface area contributed by atoms with Crippen LogP contribution in [0.15, 0.2) is 36.9 Å². The zero-order valence-corrected chi connectivity index (χ0v) is 13.9. The molecule has 0 radical (unpaired) electrons. The molecule has 1 aromatic carbocycles. The van der Waals surface area contributed by atoms with Gasteiger partial charge >= 0.3 is 0 Å². The number of aliphatic hydroxyl groups is 1. The Balaban J connectivity index is 1.88. The Labute approximate surface area is 142 Å². The molecule has 6 heteroatoms. The number of hydrogen-bond acceptors (Lipinski definition) is 4. The lowest BCUT2D eigenvalue weighted by molar-refractivity contribution is -0.113. The Morgan fingerprint density at radius 1 is 1.38 bits per heavy atom. The molecule has 24 heavy (non-hydrogen) atoms. The smallest absolute Gasteiger partial charge is 0.251 e. The maximum atomic E-state index is 12.2. The van der Waals surface area contributed by atoms with Crippen molar-refractivity contribution in [2.24, 2.45) is 5.92 Å². The van der Waals surface area contributed by atoms with Crippen molar-refractivity contribution in [1.29, 1.82) is 0 Å². The molecule has 1 aliphatic heterocycles. The number of ether oxygens (including phenoxy) is 1. The van der Waals surface area contributed by atoms with Crippen LogP contribution in [0.3, 0.4) is 0 Å². The van der Waals surface area contributed by atoms with E-state index < -0.39 is 6.10 Å². The van der Waals surface area contributed by atoms with Crippen LogP contribution in [-0.2, 0) is 9.53 Å². The zero-order chi connectivity index (χ0) is 17.5. The standard InChI is InChI=1S/C18H24N2O4/c1-3-17(22)20(2)15-6-4-14(5-7-15)18(23)19-12-16(21)13-8-10-24-11-9-13/h3-7,13,16,21H,1,8-12H2,2H3,(H,19,23). The Kier molecular flexibility index (Phi) is 6.52. The van der Waals surface area contributed by atoms with Gasteiger partial charge in [-0.05, 0) is 49.1 Å². The van der Waals surface area contributed by atoms with Crippen LogP contribution in [0, 0.1) is 5.92 Å². The van der Waals surface area contributed by atoms with Crippen molar-refractivity contribution in [3.8, 4) is 0 Å². The van der Waals surface area contributed by atoms with Gasteiger partial charge in [0.25, 0.3) is 5.91 Å². The number of benzene rings is 1. The van der Waals surface area contributed by atoms with Crippen LogP contribution in [0.25, 0.3) is 0 Å². The summed E-state index contributed by atoms with van der Waals surface area (Å²) in [7, 11) is 1.64. The first-order valence-corrected chi connectivity index (χ1v) is 8.07. The quantitative estimate of drug-likeness (QED) is 0.771. The largest absolute Gasteiger partial charge is 0.391 e. The minimum absolute atomic E-state index is 0.167. The van der Waals surface area contributed by atoms with Crippen LogP contribution in [-0.4, -0.2) is 49.8 Å². The van der Waals surface area contributed by atoms with Gasteiger partial charge in [-0.3, -0.25) is 9.59 Å². The van der Waals surface area contributed by atoms with Crippen molar-refractivity contribution in [3.63, 3.8) is 0 Å². The number of nitrogens with zero attached hydrogens (tertiary/aromatic N) is 1. The highest BCUT2D eigenvalue weighted by Crippen LogP contribution is 2.18. The molecule has 2 N–H and O–H groups in total. The van der Waals surface area contributed by atoms with E-state index in [0.29, 0.717) is 24.5 Å². The van der Waals surface area contributed by atoms with Gasteiger partial charge in [-0.1, -0.05) is 6.58 Å². The minimum Gasteiger partial charge on any atom is -0.391 e. The number of anilines is 1. The van der Waals surface area contributed by atoms with Crippen molar-refractivity contribution in [2.45, 2.75) is 18.9 Å². The molecule has 1 aliphatic rings. The molecule has 1 fully saturated rings. The van der Waals surface area contributed by atoms with E-state index in [0.717, 1.165) is 12.8 Å². The second kappa shape index (κ2) is 8.61. The molecule has 1 unspecified atom stereocenters. The third kappa shape index (κ3) is 4.66. The van der Waals surface area contributed by atoms with Gasteiger partial charge in [0.15, 0.2) is 0 Å². The first kappa shape index (κ1) is 18.2. The summed E-state index contributed by atoms with van der Waals surface area (Å²) in [6.45, 7) is 4.99. The number of likely N-dealkylation sites (N-methyl/N-ethyl adjacent to an activating group) is 1. The molecular weight excluding hydrogens is 308 g/mol. The number of carbonyl (C=O) groups is 2. The van der Waals surface area contributed by atoms with E-state index >= 15 is 0 Å². The van der Waals surface area contributed by atoms with Gasteiger partial charge in [-0.15, -0.1) is 0 Å². The summed E-state index contributed by atoms with van der Waals surface area (Å²) in [4.78, 5) is 25.2. The topological polar surface area (TPSA) is 78.9 Å². The summed E-state index contributed by atoms with van der Waals surface area (Å²) in [5.41, 5.74) is 1.16. The van der Waals surface area contributed by atoms with Crippen LogP contribution in [0.4, 0.5) is 5.69 Å². The summed E-state index contributed by atoms with van der Waals surface area (Å²) < 4.78 is 5.27. The molecule has 0 aliphatic carbocycles. The van der Waals surface area contributed by atoms with E-state index in [1.165, 1.54) is 11.0 Å². The maximum absolute atomic E-state index is 12.2. The molecule has 0 bridgehead atoms. The van der Waals surface area contributed by atoms with Gasteiger partial charge < -0.3 is 20.1 Å². The summed E-state index contributed by atoms with van der Waals surface area (Å²) in [5.74, 6) is -0.294. The Morgan fingerprint density at radius 3 is 2.58 bits per heavy atom. The second-order valence-electron chi connectivity index (χ2n) is 5.88. The van der Waals surface area contributed by atoms with Crippen LogP contribution < -0.4 is 10.2 Å². The third-order valence-electron chi connectivity index (χ3n) is 4.30. The SMILES string of the molecule is C=CC(=O)N(C)c1ccc(C(=O)NCC(O)C2CCOCC2)cc1. The average molecular weight is 332 g/mol. The minimum atomic E-state index is -0.562. The number of amides is 2. The number of carbonyl (C=O) groups excluding carboxylic acids is 2. The first-order chi connectivity index (χ1) is 11.5. The molecule has 0 aromatic heterocycles. The fourth-order valence-corrected chi connectivity index (χ4v) is 2.67. The zero-order valence-electron chi connectivity index (χ0n) is 13.9. The van der Waals surface area contributed by atoms with E-state index in [1.54, 1.807) is 31.3 Å². The Hall–Kier alpha value is -2.18. The molecule has 6 nitrogen and oxygen atoms in total. The summed E-state index contributed by atoms with van der Waals surface area (Å²) in [6.07, 6.45) is 2.30. The molecular formula is C18H24N2O4. The van der Waals surface area contributed by atoms with E-state index in [-0.39, 0.29) is 24.3 Å². The molecule has 0 saturated carbocycles. The highest BCUT2D eigenvalue weighted by Gasteiger charge is 2.22. The lowest BCUT2D eigenvalue weighted by atomic mass is 9.94. The number of rotatable bonds is 6. The summed E-state index contributed by atoms with van der Waals surface area (Å²) >= 11 is 0. The lowest BCUT2D eigenvalue weighted by Gasteiger charge is -2.26. The molecule has 2 amide bonds. The fraction of sp³-hybridized carbons (Fsp3) is 0.444. The molecule has 1 atom stereocenters. The molecule has 1 heterocycles. The molecule has 0 spiro atoms. The van der Waals surface area contributed by atoms with Gasteiger partial charge in [0.05, 0.1) is 6.10 Å². The van der Waals surface area contributed by atoms with E-state index in [4.69, 9.17) is 4.74 Å². The van der Waals surface area contributed by atoms with Crippen molar-refractivity contribution >= 4 is 17.5 Å². The summed E-state index contributed by atoms with van der Waals surface area (Å²) in [5, 5.41) is 12.9. The van der Waals surface area contributed by atoms with Gasteiger partial charge in [0.2, 0.25) is 5.91 Å². The number of hydrogen-bond donors (Lipinski definition) is 2. The van der Waals surface area contributed by atoms with Crippen LogP contribution >= 0.6 is 0 Å². The van der Waals surface area contributed by atoms with Crippen molar-refractivity contribution in [1.82, 2.24) is 5.32 Å². The normalized spacial score (nSPS) is 16.2. The van der Waals surface area contributed by atoms with Gasteiger partial charge in [0, 0.05) is 38.1 Å². The number of aliphatic hydroxyl groups excluding tert-OH is 1. The predicted octanol–water partition coefficient (Wildman–Crippen LogP) is 1.35. The van der Waals surface area contributed by atoms with E-state index in [1.807, 2.05) is 0 Å².